The van der Waals surface area contributed by atoms with Crippen LogP contribution in [0, 0.1) is 5.92 Å². The summed E-state index contributed by atoms with van der Waals surface area (Å²) in [5, 5.41) is -0.0454. The van der Waals surface area contributed by atoms with E-state index in [9.17, 15) is 18.0 Å². The normalized spacial score (nSPS) is 15.6. The lowest BCUT2D eigenvalue weighted by atomic mass is 9.96. The number of Topliss-reactive ketones (excluding diaryl/α,β-unsaturated/α-hetero) is 1. The van der Waals surface area contributed by atoms with Crippen LogP contribution < -0.4 is 0 Å². The number of rotatable bonds is 7. The number of benzene rings is 2. The van der Waals surface area contributed by atoms with Gasteiger partial charge in [-0.15, -0.1) is 0 Å². The van der Waals surface area contributed by atoms with Crippen LogP contribution in [0.1, 0.15) is 41.9 Å². The summed E-state index contributed by atoms with van der Waals surface area (Å²) in [6.45, 7) is 0. The zero-order valence-electron chi connectivity index (χ0n) is 15.6. The Bertz CT molecular complexity index is 961. The minimum Gasteiger partial charge on any atom is -0.299 e. The number of alkyl halides is 3. The standard InChI is InChI=1S/C22H17BrCl3F3O/c23-17-9-12(1-3-13(17)6-8-20(30)14-4-5-14)2-7-16(22(27,28)29)15-10-18(24)21(26)19(25)11-15/h1-3,7,9-11,14,16H,4-6,8H2/b7-2+. The van der Waals surface area contributed by atoms with Gasteiger partial charge in [0.15, 0.2) is 0 Å². The molecule has 0 aliphatic heterocycles. The first-order chi connectivity index (χ1) is 14.1. The van der Waals surface area contributed by atoms with Gasteiger partial charge in [-0.1, -0.05) is 75.0 Å². The van der Waals surface area contributed by atoms with Crippen molar-refractivity contribution in [1.82, 2.24) is 0 Å². The van der Waals surface area contributed by atoms with Crippen LogP contribution in [0.25, 0.3) is 6.08 Å². The lowest BCUT2D eigenvalue weighted by Gasteiger charge is -2.18. The topological polar surface area (TPSA) is 17.1 Å². The second kappa shape index (κ2) is 9.64. The molecule has 160 valence electrons. The maximum Gasteiger partial charge on any atom is 0.399 e. The number of aryl methyl sites for hydroxylation is 1. The molecule has 2 aromatic carbocycles. The summed E-state index contributed by atoms with van der Waals surface area (Å²) < 4.78 is 41.7. The van der Waals surface area contributed by atoms with Crippen molar-refractivity contribution in [2.45, 2.75) is 37.8 Å². The van der Waals surface area contributed by atoms with Crippen molar-refractivity contribution in [2.24, 2.45) is 5.92 Å². The van der Waals surface area contributed by atoms with Gasteiger partial charge in [0.1, 0.15) is 5.78 Å². The summed E-state index contributed by atoms with van der Waals surface area (Å²) in [7, 11) is 0. The van der Waals surface area contributed by atoms with Crippen LogP contribution in [0.3, 0.4) is 0 Å². The van der Waals surface area contributed by atoms with E-state index in [1.54, 1.807) is 12.1 Å². The summed E-state index contributed by atoms with van der Waals surface area (Å²) in [6.07, 6.45) is 0.978. The molecule has 1 saturated carbocycles. The minimum absolute atomic E-state index is 0.0201. The van der Waals surface area contributed by atoms with Gasteiger partial charge in [0.05, 0.1) is 21.0 Å². The van der Waals surface area contributed by atoms with E-state index in [1.807, 2.05) is 6.07 Å². The first-order valence-electron chi connectivity index (χ1n) is 9.26. The average Bonchev–Trinajstić information content (AvgIpc) is 3.49. The van der Waals surface area contributed by atoms with Crippen LogP contribution >= 0.6 is 50.7 Å². The van der Waals surface area contributed by atoms with Crippen molar-refractivity contribution in [3.63, 3.8) is 0 Å². The minimum atomic E-state index is -4.53. The van der Waals surface area contributed by atoms with Gasteiger partial charge >= 0.3 is 6.18 Å². The molecule has 3 rings (SSSR count). The Kier molecular flexibility index (Phi) is 7.60. The number of allylic oxidation sites excluding steroid dienone is 1. The van der Waals surface area contributed by atoms with E-state index in [0.29, 0.717) is 18.4 Å². The Hall–Kier alpha value is -1.01. The third-order valence-electron chi connectivity index (χ3n) is 4.95. The van der Waals surface area contributed by atoms with Gasteiger partial charge in [0, 0.05) is 16.8 Å². The van der Waals surface area contributed by atoms with Crippen molar-refractivity contribution >= 4 is 62.6 Å². The van der Waals surface area contributed by atoms with E-state index in [-0.39, 0.29) is 32.3 Å². The quantitative estimate of drug-likeness (QED) is 0.321. The van der Waals surface area contributed by atoms with Crippen molar-refractivity contribution in [3.8, 4) is 0 Å². The zero-order chi connectivity index (χ0) is 22.1. The lowest BCUT2D eigenvalue weighted by molar-refractivity contribution is -0.139. The molecule has 0 spiro atoms. The highest BCUT2D eigenvalue weighted by molar-refractivity contribution is 9.10. The molecule has 0 heterocycles. The summed E-state index contributed by atoms with van der Waals surface area (Å²) in [5.41, 5.74) is 1.46. The monoisotopic (exact) mass is 538 g/mol. The van der Waals surface area contributed by atoms with Crippen molar-refractivity contribution in [2.75, 3.05) is 0 Å². The molecule has 1 unspecified atom stereocenters. The maximum absolute atomic E-state index is 13.7. The highest BCUT2D eigenvalue weighted by Gasteiger charge is 2.39. The Morgan fingerprint density at radius 2 is 1.77 bits per heavy atom. The number of ketones is 1. The number of halogens is 7. The number of hydrogen-bond donors (Lipinski definition) is 0. The van der Waals surface area contributed by atoms with Gasteiger partial charge in [-0.3, -0.25) is 4.79 Å². The number of hydrogen-bond acceptors (Lipinski definition) is 1. The molecule has 2 aromatic rings. The van der Waals surface area contributed by atoms with Gasteiger partial charge in [-0.05, 0) is 54.2 Å². The zero-order valence-corrected chi connectivity index (χ0v) is 19.4. The molecule has 0 N–H and O–H groups in total. The van der Waals surface area contributed by atoms with E-state index in [2.05, 4.69) is 15.9 Å². The molecule has 1 aliphatic rings. The molecule has 30 heavy (non-hydrogen) atoms. The first-order valence-corrected chi connectivity index (χ1v) is 11.2. The van der Waals surface area contributed by atoms with Gasteiger partial charge in [-0.2, -0.15) is 13.2 Å². The number of carbonyl (C=O) groups excluding carboxylic acids is 1. The molecule has 8 heteroatoms. The molecule has 0 amide bonds. The SMILES string of the molecule is O=C(CCc1ccc(/C=C/C(c2cc(Cl)c(Cl)c(Cl)c2)C(F)(F)F)cc1Br)C1CC1. The molecular weight excluding hydrogens is 523 g/mol. The van der Waals surface area contributed by atoms with E-state index in [4.69, 9.17) is 34.8 Å². The smallest absolute Gasteiger partial charge is 0.299 e. The fourth-order valence-electron chi connectivity index (χ4n) is 3.11. The van der Waals surface area contributed by atoms with Gasteiger partial charge in [0.25, 0.3) is 0 Å². The Morgan fingerprint density at radius 1 is 1.13 bits per heavy atom. The Labute approximate surface area is 196 Å². The van der Waals surface area contributed by atoms with Crippen LogP contribution in [0.5, 0.6) is 0 Å². The molecule has 1 fully saturated rings. The average molecular weight is 541 g/mol. The fraction of sp³-hybridized carbons (Fsp3) is 0.318. The first kappa shape index (κ1) is 23.6. The van der Waals surface area contributed by atoms with Crippen LogP contribution in [-0.4, -0.2) is 12.0 Å². The van der Waals surface area contributed by atoms with E-state index >= 15 is 0 Å². The third-order valence-corrected chi connectivity index (χ3v) is 6.88. The van der Waals surface area contributed by atoms with Crippen molar-refractivity contribution < 1.29 is 18.0 Å². The molecular formula is C22H17BrCl3F3O. The molecule has 1 aliphatic carbocycles. The highest BCUT2D eigenvalue weighted by atomic mass is 79.9. The molecule has 0 aromatic heterocycles. The summed E-state index contributed by atoms with van der Waals surface area (Å²) in [6, 6.07) is 7.64. The number of carbonyl (C=O) groups is 1. The molecule has 0 radical (unpaired) electrons. The fourth-order valence-corrected chi connectivity index (χ4v) is 4.32. The Balaban J connectivity index is 1.78. The lowest BCUT2D eigenvalue weighted by Crippen LogP contribution is -2.19. The van der Waals surface area contributed by atoms with Crippen LogP contribution in [0.15, 0.2) is 40.9 Å². The third kappa shape index (κ3) is 6.03. The van der Waals surface area contributed by atoms with E-state index < -0.39 is 12.1 Å². The van der Waals surface area contributed by atoms with Gasteiger partial charge in [-0.25, -0.2) is 0 Å². The van der Waals surface area contributed by atoms with Crippen molar-refractivity contribution in [3.05, 3.63) is 72.6 Å². The molecule has 0 bridgehead atoms. The predicted molar refractivity (Wildman–Crippen MR) is 119 cm³/mol. The summed E-state index contributed by atoms with van der Waals surface area (Å²) >= 11 is 21.1. The summed E-state index contributed by atoms with van der Waals surface area (Å²) in [5.74, 6) is -1.39. The predicted octanol–water partition coefficient (Wildman–Crippen LogP) is 8.68. The largest absolute Gasteiger partial charge is 0.399 e. The van der Waals surface area contributed by atoms with Crippen molar-refractivity contribution in [1.29, 1.82) is 0 Å². The van der Waals surface area contributed by atoms with E-state index in [1.165, 1.54) is 18.2 Å². The van der Waals surface area contributed by atoms with Crippen LogP contribution in [-0.2, 0) is 11.2 Å². The highest BCUT2D eigenvalue weighted by Crippen LogP contribution is 2.41. The molecule has 0 saturated heterocycles. The second-order valence-electron chi connectivity index (χ2n) is 7.27. The van der Waals surface area contributed by atoms with E-state index in [0.717, 1.165) is 29.0 Å². The van der Waals surface area contributed by atoms with Crippen LogP contribution in [0.2, 0.25) is 15.1 Å². The Morgan fingerprint density at radius 3 is 2.30 bits per heavy atom. The van der Waals surface area contributed by atoms with Gasteiger partial charge in [0.2, 0.25) is 0 Å². The van der Waals surface area contributed by atoms with Gasteiger partial charge < -0.3 is 0 Å². The summed E-state index contributed by atoms with van der Waals surface area (Å²) in [4.78, 5) is 11.9. The van der Waals surface area contributed by atoms with Crippen LogP contribution in [0.4, 0.5) is 13.2 Å². The molecule has 1 atom stereocenters. The molecule has 1 nitrogen and oxygen atoms in total. The maximum atomic E-state index is 13.7. The second-order valence-corrected chi connectivity index (χ2v) is 9.32.